The van der Waals surface area contributed by atoms with Gasteiger partial charge in [0.15, 0.2) is 0 Å². The summed E-state index contributed by atoms with van der Waals surface area (Å²) < 4.78 is 1.47. The molecule has 15 heavy (non-hydrogen) atoms. The number of hydrogen-bond donors (Lipinski definition) is 2. The Bertz CT molecular complexity index is 534. The van der Waals surface area contributed by atoms with Gasteiger partial charge in [0.1, 0.15) is 0 Å². The number of nitrogen functional groups attached to an aromatic ring is 1. The maximum atomic E-state index is 11.8. The van der Waals surface area contributed by atoms with Gasteiger partial charge in [-0.15, -0.1) is 0 Å². The van der Waals surface area contributed by atoms with Gasteiger partial charge in [-0.05, 0) is 24.6 Å². The van der Waals surface area contributed by atoms with E-state index >= 15 is 0 Å². The third kappa shape index (κ3) is 1.54. The molecule has 0 saturated carbocycles. The number of aryl methyl sites for hydroxylation is 2. The van der Waals surface area contributed by atoms with Crippen molar-refractivity contribution in [3.63, 3.8) is 0 Å². The average Bonchev–Trinajstić information content (AvgIpc) is 2.44. The minimum atomic E-state index is -0.0164. The van der Waals surface area contributed by atoms with Crippen molar-refractivity contribution >= 4 is 5.69 Å². The predicted molar refractivity (Wildman–Crippen MR) is 60.6 cm³/mol. The summed E-state index contributed by atoms with van der Waals surface area (Å²) in [5.74, 6) is 0. The number of hydrogen-bond acceptors (Lipinski definition) is 2. The molecule has 0 unspecified atom stereocenters. The molecule has 1 aromatic carbocycles. The molecule has 0 saturated heterocycles. The second-order valence-corrected chi connectivity index (χ2v) is 3.60. The molecule has 0 amide bonds. The highest BCUT2D eigenvalue weighted by molar-refractivity contribution is 5.66. The summed E-state index contributed by atoms with van der Waals surface area (Å²) in [5, 5.41) is 2.96. The van der Waals surface area contributed by atoms with E-state index < -0.39 is 0 Å². The lowest BCUT2D eigenvalue weighted by Gasteiger charge is -1.98. The van der Waals surface area contributed by atoms with Crippen molar-refractivity contribution in [2.24, 2.45) is 7.05 Å². The minimum Gasteiger partial charge on any atom is -0.399 e. The molecule has 0 aliphatic rings. The molecule has 1 heterocycles. The summed E-state index contributed by atoms with van der Waals surface area (Å²) in [6.45, 7) is 1.88. The molecule has 4 heteroatoms. The normalized spacial score (nSPS) is 10.5. The molecule has 0 atom stereocenters. The Hall–Kier alpha value is -1.97. The van der Waals surface area contributed by atoms with Crippen LogP contribution in [0.15, 0.2) is 29.1 Å². The highest BCUT2D eigenvalue weighted by atomic mass is 16.1. The number of nitrogens with one attached hydrogen (secondary N) is 1. The Morgan fingerprint density at radius 3 is 2.33 bits per heavy atom. The van der Waals surface area contributed by atoms with E-state index in [4.69, 9.17) is 5.73 Å². The standard InChI is InChI=1S/C11H13N3O/c1-7-10(11(15)14(2)13-7)8-3-5-9(12)6-4-8/h3-6,13H,12H2,1-2H3. The van der Waals surface area contributed by atoms with Crippen LogP contribution >= 0.6 is 0 Å². The summed E-state index contributed by atoms with van der Waals surface area (Å²) >= 11 is 0. The van der Waals surface area contributed by atoms with Crippen LogP contribution in [-0.2, 0) is 7.05 Å². The third-order valence-electron chi connectivity index (χ3n) is 2.43. The number of aromatic amines is 1. The molecule has 2 aromatic rings. The maximum absolute atomic E-state index is 11.8. The molecule has 0 aliphatic carbocycles. The molecule has 0 bridgehead atoms. The maximum Gasteiger partial charge on any atom is 0.274 e. The summed E-state index contributed by atoms with van der Waals surface area (Å²) in [6.07, 6.45) is 0. The molecule has 0 aliphatic heterocycles. The van der Waals surface area contributed by atoms with Crippen LogP contribution in [-0.4, -0.2) is 9.78 Å². The van der Waals surface area contributed by atoms with E-state index in [1.165, 1.54) is 4.68 Å². The van der Waals surface area contributed by atoms with Crippen LogP contribution in [0.25, 0.3) is 11.1 Å². The van der Waals surface area contributed by atoms with Gasteiger partial charge in [-0.25, -0.2) is 0 Å². The van der Waals surface area contributed by atoms with Crippen molar-refractivity contribution in [1.82, 2.24) is 9.78 Å². The number of H-pyrrole nitrogens is 1. The van der Waals surface area contributed by atoms with Gasteiger partial charge in [0.2, 0.25) is 0 Å². The monoisotopic (exact) mass is 203 g/mol. The Kier molecular flexibility index (Phi) is 2.11. The van der Waals surface area contributed by atoms with Crippen LogP contribution < -0.4 is 11.3 Å². The molecule has 0 radical (unpaired) electrons. The van der Waals surface area contributed by atoms with Gasteiger partial charge in [0.25, 0.3) is 5.56 Å². The van der Waals surface area contributed by atoms with E-state index in [1.54, 1.807) is 19.2 Å². The van der Waals surface area contributed by atoms with E-state index in [2.05, 4.69) is 5.10 Å². The second-order valence-electron chi connectivity index (χ2n) is 3.60. The van der Waals surface area contributed by atoms with E-state index in [0.29, 0.717) is 11.3 Å². The number of anilines is 1. The fraction of sp³-hybridized carbons (Fsp3) is 0.182. The highest BCUT2D eigenvalue weighted by Crippen LogP contribution is 2.19. The van der Waals surface area contributed by atoms with E-state index in [9.17, 15) is 4.79 Å². The van der Waals surface area contributed by atoms with Crippen molar-refractivity contribution in [2.45, 2.75) is 6.92 Å². The van der Waals surface area contributed by atoms with Crippen LogP contribution in [0.3, 0.4) is 0 Å². The highest BCUT2D eigenvalue weighted by Gasteiger charge is 2.10. The molecule has 0 spiro atoms. The van der Waals surface area contributed by atoms with Crippen LogP contribution in [0.1, 0.15) is 5.69 Å². The fourth-order valence-corrected chi connectivity index (χ4v) is 1.68. The minimum absolute atomic E-state index is 0.0164. The van der Waals surface area contributed by atoms with Crippen molar-refractivity contribution < 1.29 is 0 Å². The zero-order chi connectivity index (χ0) is 11.0. The van der Waals surface area contributed by atoms with Crippen molar-refractivity contribution in [1.29, 1.82) is 0 Å². The summed E-state index contributed by atoms with van der Waals surface area (Å²) in [7, 11) is 1.70. The Labute approximate surface area is 87.3 Å². The first-order valence-electron chi connectivity index (χ1n) is 4.71. The molecule has 2 rings (SSSR count). The quantitative estimate of drug-likeness (QED) is 0.685. The number of rotatable bonds is 1. The van der Waals surface area contributed by atoms with Crippen LogP contribution in [0.4, 0.5) is 5.69 Å². The SMILES string of the molecule is Cc1[nH]n(C)c(=O)c1-c1ccc(N)cc1. The molecular weight excluding hydrogens is 190 g/mol. The molecule has 1 aromatic heterocycles. The number of nitrogens with two attached hydrogens (primary N) is 1. The van der Waals surface area contributed by atoms with E-state index in [0.717, 1.165) is 11.3 Å². The van der Waals surface area contributed by atoms with Crippen molar-refractivity contribution in [2.75, 3.05) is 5.73 Å². The van der Waals surface area contributed by atoms with Gasteiger partial charge in [0, 0.05) is 18.4 Å². The van der Waals surface area contributed by atoms with Gasteiger partial charge in [0.05, 0.1) is 5.56 Å². The first-order valence-corrected chi connectivity index (χ1v) is 4.71. The molecule has 4 nitrogen and oxygen atoms in total. The lowest BCUT2D eigenvalue weighted by molar-refractivity contribution is 0.731. The van der Waals surface area contributed by atoms with Gasteiger partial charge in [-0.3, -0.25) is 14.6 Å². The summed E-state index contributed by atoms with van der Waals surface area (Å²) in [5.41, 5.74) is 8.74. The van der Waals surface area contributed by atoms with Crippen LogP contribution in [0.2, 0.25) is 0 Å². The number of nitrogens with zero attached hydrogens (tertiary/aromatic N) is 1. The van der Waals surface area contributed by atoms with Crippen molar-refractivity contribution in [3.8, 4) is 11.1 Å². The van der Waals surface area contributed by atoms with Gasteiger partial charge < -0.3 is 5.73 Å². The fourth-order valence-electron chi connectivity index (χ4n) is 1.68. The zero-order valence-electron chi connectivity index (χ0n) is 8.74. The van der Waals surface area contributed by atoms with E-state index in [-0.39, 0.29) is 5.56 Å². The van der Waals surface area contributed by atoms with Crippen LogP contribution in [0, 0.1) is 6.92 Å². The lowest BCUT2D eigenvalue weighted by Crippen LogP contribution is -2.13. The predicted octanol–water partition coefficient (Wildman–Crippen LogP) is 1.27. The first-order chi connectivity index (χ1) is 7.09. The van der Waals surface area contributed by atoms with Gasteiger partial charge in [-0.1, -0.05) is 12.1 Å². The molecule has 0 fully saturated rings. The largest absolute Gasteiger partial charge is 0.399 e. The van der Waals surface area contributed by atoms with Gasteiger partial charge in [-0.2, -0.15) is 0 Å². The van der Waals surface area contributed by atoms with Crippen LogP contribution in [0.5, 0.6) is 0 Å². The smallest absolute Gasteiger partial charge is 0.274 e. The first kappa shape index (κ1) is 9.58. The van der Waals surface area contributed by atoms with Crippen molar-refractivity contribution in [3.05, 3.63) is 40.3 Å². The Balaban J connectivity index is 2.64. The molecule has 3 N–H and O–H groups in total. The zero-order valence-corrected chi connectivity index (χ0v) is 8.74. The Morgan fingerprint density at radius 2 is 1.87 bits per heavy atom. The summed E-state index contributed by atoms with van der Waals surface area (Å²) in [6, 6.07) is 7.29. The number of aromatic nitrogens is 2. The van der Waals surface area contributed by atoms with Gasteiger partial charge >= 0.3 is 0 Å². The van der Waals surface area contributed by atoms with E-state index in [1.807, 2.05) is 19.1 Å². The summed E-state index contributed by atoms with van der Waals surface area (Å²) in [4.78, 5) is 11.8. The topological polar surface area (TPSA) is 63.8 Å². The molecular formula is C11H13N3O. The number of benzene rings is 1. The Morgan fingerprint density at radius 1 is 1.27 bits per heavy atom. The second kappa shape index (κ2) is 3.31. The lowest BCUT2D eigenvalue weighted by atomic mass is 10.1. The third-order valence-corrected chi connectivity index (χ3v) is 2.43. The average molecular weight is 203 g/mol. The molecule has 78 valence electrons.